The first kappa shape index (κ1) is 7.10. The van der Waals surface area contributed by atoms with Gasteiger partial charge in [0, 0.05) is 18.9 Å². The molecule has 1 aromatic heterocycles. The highest BCUT2D eigenvalue weighted by Gasteiger charge is 1.91. The topological polar surface area (TPSA) is 17.8 Å². The average molecular weight is 157 g/mol. The SMILES string of the molecule is [c]1ccccc1Cn1ccnc1. The molecule has 0 N–H and O–H groups in total. The predicted octanol–water partition coefficient (Wildman–Crippen LogP) is 1.73. The zero-order valence-corrected chi connectivity index (χ0v) is 6.64. The molecule has 1 radical (unpaired) electrons. The Morgan fingerprint density at radius 3 is 3.08 bits per heavy atom. The monoisotopic (exact) mass is 157 g/mol. The van der Waals surface area contributed by atoms with E-state index in [1.54, 1.807) is 12.5 Å². The van der Waals surface area contributed by atoms with Gasteiger partial charge in [-0.05, 0) is 11.6 Å². The molecule has 0 atom stereocenters. The van der Waals surface area contributed by atoms with E-state index in [1.807, 2.05) is 29.0 Å². The molecule has 2 heteroatoms. The molecule has 0 aliphatic rings. The van der Waals surface area contributed by atoms with Crippen molar-refractivity contribution in [3.05, 3.63) is 54.6 Å². The molecule has 0 saturated heterocycles. The van der Waals surface area contributed by atoms with Crippen molar-refractivity contribution in [1.29, 1.82) is 0 Å². The molecule has 1 heterocycles. The molecule has 59 valence electrons. The maximum absolute atomic E-state index is 3.97. The summed E-state index contributed by atoms with van der Waals surface area (Å²) in [7, 11) is 0. The van der Waals surface area contributed by atoms with E-state index >= 15 is 0 Å². The molecule has 0 bridgehead atoms. The van der Waals surface area contributed by atoms with Gasteiger partial charge in [-0.1, -0.05) is 24.3 Å². The van der Waals surface area contributed by atoms with Gasteiger partial charge in [0.15, 0.2) is 0 Å². The molecule has 2 nitrogen and oxygen atoms in total. The fraction of sp³-hybridized carbons (Fsp3) is 0.100. The minimum Gasteiger partial charge on any atom is -0.333 e. The summed E-state index contributed by atoms with van der Waals surface area (Å²) in [4.78, 5) is 3.97. The fourth-order valence-electron chi connectivity index (χ4n) is 1.11. The van der Waals surface area contributed by atoms with E-state index in [2.05, 4.69) is 17.1 Å². The minimum absolute atomic E-state index is 0.848. The number of imidazole rings is 1. The van der Waals surface area contributed by atoms with E-state index in [1.165, 1.54) is 5.56 Å². The van der Waals surface area contributed by atoms with Crippen LogP contribution in [0.5, 0.6) is 0 Å². The van der Waals surface area contributed by atoms with Gasteiger partial charge in [-0.25, -0.2) is 4.98 Å². The number of rotatable bonds is 2. The lowest BCUT2D eigenvalue weighted by molar-refractivity contribution is 0.796. The van der Waals surface area contributed by atoms with E-state index in [0.29, 0.717) is 0 Å². The van der Waals surface area contributed by atoms with Crippen LogP contribution in [0.3, 0.4) is 0 Å². The molecular formula is C10H9N2. The highest BCUT2D eigenvalue weighted by molar-refractivity contribution is 5.13. The molecule has 0 unspecified atom stereocenters. The Bertz CT molecular complexity index is 324. The second-order valence-electron chi connectivity index (χ2n) is 2.62. The van der Waals surface area contributed by atoms with Crippen LogP contribution in [0.4, 0.5) is 0 Å². The molecule has 2 rings (SSSR count). The lowest BCUT2D eigenvalue weighted by atomic mass is 10.2. The van der Waals surface area contributed by atoms with Crippen molar-refractivity contribution in [2.75, 3.05) is 0 Å². The normalized spacial score (nSPS) is 10.0. The smallest absolute Gasteiger partial charge is 0.0949 e. The van der Waals surface area contributed by atoms with Crippen LogP contribution in [0.1, 0.15) is 5.56 Å². The number of benzene rings is 1. The zero-order chi connectivity index (χ0) is 8.23. The van der Waals surface area contributed by atoms with Crippen LogP contribution in [0.15, 0.2) is 43.0 Å². The molecule has 2 aromatic rings. The molecule has 0 saturated carbocycles. The van der Waals surface area contributed by atoms with Crippen LogP contribution in [0.2, 0.25) is 0 Å². The molecular weight excluding hydrogens is 148 g/mol. The van der Waals surface area contributed by atoms with E-state index in [9.17, 15) is 0 Å². The second kappa shape index (κ2) is 3.22. The largest absolute Gasteiger partial charge is 0.333 e. The predicted molar refractivity (Wildman–Crippen MR) is 46.6 cm³/mol. The number of nitrogens with zero attached hydrogens (tertiary/aromatic N) is 2. The van der Waals surface area contributed by atoms with Gasteiger partial charge in [-0.2, -0.15) is 0 Å². The summed E-state index contributed by atoms with van der Waals surface area (Å²) in [5, 5.41) is 0. The van der Waals surface area contributed by atoms with Crippen LogP contribution in [-0.2, 0) is 6.54 Å². The van der Waals surface area contributed by atoms with Gasteiger partial charge in [-0.15, -0.1) is 0 Å². The highest BCUT2D eigenvalue weighted by atomic mass is 15.0. The Balaban J connectivity index is 2.15. The van der Waals surface area contributed by atoms with Gasteiger partial charge < -0.3 is 4.57 Å². The van der Waals surface area contributed by atoms with Gasteiger partial charge in [-0.3, -0.25) is 0 Å². The van der Waals surface area contributed by atoms with Crippen molar-refractivity contribution in [3.63, 3.8) is 0 Å². The van der Waals surface area contributed by atoms with Crippen molar-refractivity contribution >= 4 is 0 Å². The molecule has 12 heavy (non-hydrogen) atoms. The van der Waals surface area contributed by atoms with Crippen molar-refractivity contribution in [2.24, 2.45) is 0 Å². The van der Waals surface area contributed by atoms with Crippen LogP contribution in [-0.4, -0.2) is 9.55 Å². The summed E-state index contributed by atoms with van der Waals surface area (Å²) < 4.78 is 2.02. The van der Waals surface area contributed by atoms with E-state index in [0.717, 1.165) is 6.54 Å². The van der Waals surface area contributed by atoms with Crippen LogP contribution < -0.4 is 0 Å². The van der Waals surface area contributed by atoms with Gasteiger partial charge in [0.2, 0.25) is 0 Å². The van der Waals surface area contributed by atoms with E-state index < -0.39 is 0 Å². The van der Waals surface area contributed by atoms with Gasteiger partial charge in [0.1, 0.15) is 0 Å². The Morgan fingerprint density at radius 1 is 1.42 bits per heavy atom. The first-order chi connectivity index (χ1) is 5.95. The molecule has 0 aliphatic heterocycles. The first-order valence-electron chi connectivity index (χ1n) is 3.86. The van der Waals surface area contributed by atoms with Crippen molar-refractivity contribution < 1.29 is 0 Å². The summed E-state index contributed by atoms with van der Waals surface area (Å²) in [6, 6.07) is 11.1. The summed E-state index contributed by atoms with van der Waals surface area (Å²) >= 11 is 0. The second-order valence-corrected chi connectivity index (χ2v) is 2.62. The zero-order valence-electron chi connectivity index (χ0n) is 6.64. The minimum atomic E-state index is 0.848. The van der Waals surface area contributed by atoms with Crippen LogP contribution in [0.25, 0.3) is 0 Å². The molecule has 0 spiro atoms. The fourth-order valence-corrected chi connectivity index (χ4v) is 1.11. The Labute approximate surface area is 71.5 Å². The summed E-state index contributed by atoms with van der Waals surface area (Å²) in [5.74, 6) is 0. The average Bonchev–Trinajstić information content (AvgIpc) is 2.59. The first-order valence-corrected chi connectivity index (χ1v) is 3.86. The third-order valence-electron chi connectivity index (χ3n) is 1.69. The molecule has 1 aromatic carbocycles. The quantitative estimate of drug-likeness (QED) is 0.649. The standard InChI is InChI=1S/C10H9N2/c1-2-4-10(5-3-1)8-12-7-6-11-9-12/h1-4,6-7,9H,8H2. The summed E-state index contributed by atoms with van der Waals surface area (Å²) in [5.41, 5.74) is 1.18. The van der Waals surface area contributed by atoms with E-state index in [4.69, 9.17) is 0 Å². The summed E-state index contributed by atoms with van der Waals surface area (Å²) in [6.45, 7) is 0.848. The van der Waals surface area contributed by atoms with Crippen LogP contribution in [0, 0.1) is 6.07 Å². The maximum Gasteiger partial charge on any atom is 0.0949 e. The van der Waals surface area contributed by atoms with Crippen molar-refractivity contribution in [3.8, 4) is 0 Å². The van der Waals surface area contributed by atoms with Gasteiger partial charge in [0.25, 0.3) is 0 Å². The third kappa shape index (κ3) is 1.53. The Morgan fingerprint density at radius 2 is 2.42 bits per heavy atom. The number of aromatic nitrogens is 2. The number of hydrogen-bond acceptors (Lipinski definition) is 1. The maximum atomic E-state index is 3.97. The van der Waals surface area contributed by atoms with E-state index in [-0.39, 0.29) is 0 Å². The van der Waals surface area contributed by atoms with Gasteiger partial charge >= 0.3 is 0 Å². The van der Waals surface area contributed by atoms with Crippen LogP contribution >= 0.6 is 0 Å². The van der Waals surface area contributed by atoms with Gasteiger partial charge in [0.05, 0.1) is 6.33 Å². The Kier molecular flexibility index (Phi) is 1.90. The summed E-state index contributed by atoms with van der Waals surface area (Å²) in [6.07, 6.45) is 5.53. The Hall–Kier alpha value is -1.57. The van der Waals surface area contributed by atoms with Crippen molar-refractivity contribution in [2.45, 2.75) is 6.54 Å². The lowest BCUT2D eigenvalue weighted by Crippen LogP contribution is -1.95. The lowest BCUT2D eigenvalue weighted by Gasteiger charge is -1.99. The molecule has 0 aliphatic carbocycles. The highest BCUT2D eigenvalue weighted by Crippen LogP contribution is 2.00. The van der Waals surface area contributed by atoms with Crippen molar-refractivity contribution in [1.82, 2.24) is 9.55 Å². The number of hydrogen-bond donors (Lipinski definition) is 0. The third-order valence-corrected chi connectivity index (χ3v) is 1.69. The molecule has 0 amide bonds. The molecule has 0 fully saturated rings.